The number of rotatable bonds is 1. The number of hydrogen-bond acceptors (Lipinski definition) is 1. The highest BCUT2D eigenvalue weighted by Gasteiger charge is 2.45. The Bertz CT molecular complexity index is 186. The molecule has 1 unspecified atom stereocenters. The van der Waals surface area contributed by atoms with Crippen molar-refractivity contribution in [3.05, 3.63) is 0 Å². The molecule has 62 valence electrons. The van der Waals surface area contributed by atoms with Crippen molar-refractivity contribution in [3.8, 4) is 12.5 Å². The molecule has 0 amide bonds. The number of likely N-dealkylation sites (tertiary alicyclic amines) is 1. The van der Waals surface area contributed by atoms with Gasteiger partial charge in [-0.3, -0.25) is 0 Å². The van der Waals surface area contributed by atoms with Gasteiger partial charge < -0.3 is 4.90 Å². The van der Waals surface area contributed by atoms with Crippen LogP contribution in [0.5, 0.6) is 0 Å². The quantitative estimate of drug-likeness (QED) is 0.518. The summed E-state index contributed by atoms with van der Waals surface area (Å²) in [4.78, 5) is 2.10. The van der Waals surface area contributed by atoms with E-state index in [4.69, 9.17) is 6.42 Å². The van der Waals surface area contributed by atoms with Crippen molar-refractivity contribution in [1.82, 2.24) is 4.90 Å². The summed E-state index contributed by atoms with van der Waals surface area (Å²) in [7, 11) is 0. The van der Waals surface area contributed by atoms with E-state index in [2.05, 4.69) is 38.6 Å². The maximum atomic E-state index is 5.36. The lowest BCUT2D eigenvalue weighted by atomic mass is 9.70. The number of terminal acetylenes is 1. The summed E-state index contributed by atoms with van der Waals surface area (Å²) < 4.78 is 0. The zero-order valence-electron chi connectivity index (χ0n) is 7.89. The van der Waals surface area contributed by atoms with Crippen molar-refractivity contribution >= 4 is 0 Å². The number of nitrogens with zero attached hydrogens (tertiary/aromatic N) is 1. The standard InChI is InChI=1S/C10H17N/c1-6-11-7-10(4,5)9(11)8(2)3/h1,8-9H,7H2,2-5H3. The topological polar surface area (TPSA) is 3.24 Å². The zero-order valence-corrected chi connectivity index (χ0v) is 7.89. The highest BCUT2D eigenvalue weighted by atomic mass is 15.2. The van der Waals surface area contributed by atoms with Gasteiger partial charge in [-0.25, -0.2) is 0 Å². The Kier molecular flexibility index (Phi) is 1.88. The highest BCUT2D eigenvalue weighted by molar-refractivity contribution is 5.07. The van der Waals surface area contributed by atoms with E-state index in [0.29, 0.717) is 17.4 Å². The molecule has 1 rings (SSSR count). The van der Waals surface area contributed by atoms with Crippen LogP contribution in [0.1, 0.15) is 27.7 Å². The molecule has 1 atom stereocenters. The molecule has 0 radical (unpaired) electrons. The van der Waals surface area contributed by atoms with Crippen molar-refractivity contribution in [3.63, 3.8) is 0 Å². The second-order valence-electron chi connectivity index (χ2n) is 4.43. The fraction of sp³-hybridized carbons (Fsp3) is 0.800. The first kappa shape index (κ1) is 8.46. The summed E-state index contributed by atoms with van der Waals surface area (Å²) >= 11 is 0. The Morgan fingerprint density at radius 1 is 1.55 bits per heavy atom. The average molecular weight is 151 g/mol. The molecule has 0 aromatic heterocycles. The Hall–Kier alpha value is -0.640. The van der Waals surface area contributed by atoms with E-state index < -0.39 is 0 Å². The van der Waals surface area contributed by atoms with Crippen molar-refractivity contribution < 1.29 is 0 Å². The van der Waals surface area contributed by atoms with E-state index in [0.717, 1.165) is 6.54 Å². The first-order valence-electron chi connectivity index (χ1n) is 4.22. The van der Waals surface area contributed by atoms with Crippen molar-refractivity contribution in [2.75, 3.05) is 6.54 Å². The molecule has 0 aromatic rings. The van der Waals surface area contributed by atoms with Gasteiger partial charge in [-0.05, 0) is 5.92 Å². The van der Waals surface area contributed by atoms with E-state index in [9.17, 15) is 0 Å². The maximum Gasteiger partial charge on any atom is 0.0462 e. The third-order valence-electron chi connectivity index (χ3n) is 2.51. The van der Waals surface area contributed by atoms with E-state index in [1.165, 1.54) is 0 Å². The van der Waals surface area contributed by atoms with Gasteiger partial charge in [-0.15, -0.1) is 0 Å². The van der Waals surface area contributed by atoms with E-state index >= 15 is 0 Å². The Labute approximate surface area is 69.8 Å². The second-order valence-corrected chi connectivity index (χ2v) is 4.43. The zero-order chi connectivity index (χ0) is 8.65. The minimum Gasteiger partial charge on any atom is -0.328 e. The maximum absolute atomic E-state index is 5.36. The molecular weight excluding hydrogens is 134 g/mol. The molecule has 1 saturated heterocycles. The SMILES string of the molecule is C#CN1CC(C)(C)C1C(C)C. The predicted octanol–water partition coefficient (Wildman–Crippen LogP) is 1.94. The van der Waals surface area contributed by atoms with Crippen LogP contribution < -0.4 is 0 Å². The summed E-state index contributed by atoms with van der Waals surface area (Å²) in [5.41, 5.74) is 0.417. The Balaban J connectivity index is 2.66. The van der Waals surface area contributed by atoms with Crippen LogP contribution in [0, 0.1) is 23.8 Å². The van der Waals surface area contributed by atoms with Crippen LogP contribution in [-0.4, -0.2) is 17.5 Å². The average Bonchev–Trinajstić information content (AvgIpc) is 1.81. The molecule has 1 heteroatoms. The van der Waals surface area contributed by atoms with Gasteiger partial charge in [0, 0.05) is 24.0 Å². The van der Waals surface area contributed by atoms with E-state index in [-0.39, 0.29) is 0 Å². The fourth-order valence-corrected chi connectivity index (χ4v) is 2.33. The van der Waals surface area contributed by atoms with E-state index in [1.807, 2.05) is 0 Å². The molecule has 0 bridgehead atoms. The molecule has 0 N–H and O–H groups in total. The van der Waals surface area contributed by atoms with Crippen LogP contribution in [0.4, 0.5) is 0 Å². The molecule has 1 nitrogen and oxygen atoms in total. The third kappa shape index (κ3) is 1.22. The van der Waals surface area contributed by atoms with Crippen LogP contribution in [0.3, 0.4) is 0 Å². The molecule has 0 aliphatic carbocycles. The van der Waals surface area contributed by atoms with Gasteiger partial charge in [0.05, 0.1) is 0 Å². The summed E-state index contributed by atoms with van der Waals surface area (Å²) in [6, 6.07) is 3.30. The third-order valence-corrected chi connectivity index (χ3v) is 2.51. The molecule has 1 aliphatic heterocycles. The number of hydrogen-bond donors (Lipinski definition) is 0. The van der Waals surface area contributed by atoms with Crippen molar-refractivity contribution in [1.29, 1.82) is 0 Å². The first-order chi connectivity index (χ1) is 4.99. The second kappa shape index (κ2) is 2.44. The Morgan fingerprint density at radius 3 is 2.27 bits per heavy atom. The van der Waals surface area contributed by atoms with Gasteiger partial charge in [0.15, 0.2) is 0 Å². The van der Waals surface area contributed by atoms with Gasteiger partial charge in [-0.2, -0.15) is 0 Å². The minimum atomic E-state index is 0.417. The van der Waals surface area contributed by atoms with Crippen LogP contribution >= 0.6 is 0 Å². The smallest absolute Gasteiger partial charge is 0.0462 e. The lowest BCUT2D eigenvalue weighted by Crippen LogP contribution is -2.61. The van der Waals surface area contributed by atoms with Gasteiger partial charge in [-0.1, -0.05) is 34.1 Å². The van der Waals surface area contributed by atoms with Crippen LogP contribution in [-0.2, 0) is 0 Å². The molecule has 0 aromatic carbocycles. The molecule has 1 aliphatic rings. The van der Waals surface area contributed by atoms with Crippen molar-refractivity contribution in [2.24, 2.45) is 11.3 Å². The lowest BCUT2D eigenvalue weighted by molar-refractivity contribution is -0.0299. The molecule has 0 spiro atoms. The first-order valence-corrected chi connectivity index (χ1v) is 4.22. The molecule has 11 heavy (non-hydrogen) atoms. The summed E-state index contributed by atoms with van der Waals surface area (Å²) in [6.45, 7) is 10.1. The normalized spacial score (nSPS) is 28.0. The van der Waals surface area contributed by atoms with Gasteiger partial charge in [0.25, 0.3) is 0 Å². The summed E-state index contributed by atoms with van der Waals surface area (Å²) in [5, 5.41) is 0. The Morgan fingerprint density at radius 2 is 2.09 bits per heavy atom. The fourth-order valence-electron chi connectivity index (χ4n) is 2.33. The molecule has 1 heterocycles. The van der Waals surface area contributed by atoms with Gasteiger partial charge in [0.2, 0.25) is 0 Å². The monoisotopic (exact) mass is 151 g/mol. The summed E-state index contributed by atoms with van der Waals surface area (Å²) in [6.07, 6.45) is 5.36. The van der Waals surface area contributed by atoms with Crippen LogP contribution in [0.2, 0.25) is 0 Å². The molecular formula is C10H17N. The molecule has 1 fully saturated rings. The van der Waals surface area contributed by atoms with Crippen molar-refractivity contribution in [2.45, 2.75) is 33.7 Å². The molecule has 0 saturated carbocycles. The largest absolute Gasteiger partial charge is 0.328 e. The van der Waals surface area contributed by atoms with Crippen LogP contribution in [0.15, 0.2) is 0 Å². The lowest BCUT2D eigenvalue weighted by Gasteiger charge is -2.54. The highest BCUT2D eigenvalue weighted by Crippen LogP contribution is 2.40. The van der Waals surface area contributed by atoms with Gasteiger partial charge >= 0.3 is 0 Å². The summed E-state index contributed by atoms with van der Waals surface area (Å²) in [5.74, 6) is 0.662. The predicted molar refractivity (Wildman–Crippen MR) is 47.9 cm³/mol. The minimum absolute atomic E-state index is 0.417. The van der Waals surface area contributed by atoms with E-state index in [1.54, 1.807) is 0 Å². The van der Waals surface area contributed by atoms with Gasteiger partial charge in [0.1, 0.15) is 0 Å². The van der Waals surface area contributed by atoms with Crippen LogP contribution in [0.25, 0.3) is 0 Å².